The van der Waals surface area contributed by atoms with Gasteiger partial charge in [0.15, 0.2) is 0 Å². The Morgan fingerprint density at radius 3 is 2.24 bits per heavy atom. The van der Waals surface area contributed by atoms with Gasteiger partial charge in [0.2, 0.25) is 15.9 Å². The summed E-state index contributed by atoms with van der Waals surface area (Å²) in [6.07, 6.45) is 0.134. The van der Waals surface area contributed by atoms with Crippen LogP contribution in [0.15, 0.2) is 76.1 Å². The third kappa shape index (κ3) is 6.48. The number of anilines is 1. The predicted molar refractivity (Wildman–Crippen MR) is 132 cm³/mol. The van der Waals surface area contributed by atoms with Crippen LogP contribution < -0.4 is 19.5 Å². The highest BCUT2D eigenvalue weighted by Crippen LogP contribution is 2.36. The Kier molecular flexibility index (Phi) is 8.36. The fourth-order valence-corrected chi connectivity index (χ4v) is 4.78. The molecule has 0 saturated heterocycles. The smallest absolute Gasteiger partial charge is 0.243 e. The van der Waals surface area contributed by atoms with Crippen molar-refractivity contribution in [1.82, 2.24) is 4.72 Å². The molecule has 3 aromatic rings. The largest absolute Gasteiger partial charge is 0.495 e. The minimum Gasteiger partial charge on any atom is -0.495 e. The standard InChI is InChI=1S/C23H22BrClN2O5S/c1-31-21-14-19(22(32-2)13-18(21)25)26-23(28)20(12-15-6-4-3-5-7-15)27-33(29,30)17-10-8-16(24)9-11-17/h3-11,13-14,20,27H,12H2,1-2H3,(H,26,28)/t20-/m1/s1. The van der Waals surface area contributed by atoms with Gasteiger partial charge in [-0.05, 0) is 36.2 Å². The summed E-state index contributed by atoms with van der Waals surface area (Å²) in [4.78, 5) is 13.3. The van der Waals surface area contributed by atoms with E-state index in [1.54, 1.807) is 12.1 Å². The predicted octanol–water partition coefficient (Wildman–Crippen LogP) is 4.65. The summed E-state index contributed by atoms with van der Waals surface area (Å²) in [5.41, 5.74) is 1.08. The van der Waals surface area contributed by atoms with E-state index in [0.717, 1.165) is 10.0 Å². The molecule has 33 heavy (non-hydrogen) atoms. The molecule has 0 radical (unpaired) electrons. The highest BCUT2D eigenvalue weighted by atomic mass is 79.9. The summed E-state index contributed by atoms with van der Waals surface area (Å²) in [7, 11) is -1.09. The van der Waals surface area contributed by atoms with Gasteiger partial charge in [0, 0.05) is 16.6 Å². The van der Waals surface area contributed by atoms with Crippen LogP contribution in [0.3, 0.4) is 0 Å². The minimum absolute atomic E-state index is 0.0438. The first-order valence-electron chi connectivity index (χ1n) is 9.77. The molecule has 7 nitrogen and oxygen atoms in total. The molecule has 10 heteroatoms. The van der Waals surface area contributed by atoms with Gasteiger partial charge in [0.05, 0.1) is 29.8 Å². The zero-order valence-corrected chi connectivity index (χ0v) is 21.0. The molecule has 0 heterocycles. The number of carbonyl (C=O) groups excluding carboxylic acids is 1. The van der Waals surface area contributed by atoms with E-state index < -0.39 is 22.0 Å². The van der Waals surface area contributed by atoms with Crippen molar-refractivity contribution in [3.63, 3.8) is 0 Å². The Hall–Kier alpha value is -2.59. The summed E-state index contributed by atoms with van der Waals surface area (Å²) in [6.45, 7) is 0. The third-order valence-electron chi connectivity index (χ3n) is 4.75. The van der Waals surface area contributed by atoms with E-state index in [-0.39, 0.29) is 11.3 Å². The quantitative estimate of drug-likeness (QED) is 0.402. The number of rotatable bonds is 9. The first kappa shape index (κ1) is 25.0. The first-order chi connectivity index (χ1) is 15.7. The van der Waals surface area contributed by atoms with Crippen molar-refractivity contribution < 1.29 is 22.7 Å². The van der Waals surface area contributed by atoms with Crippen LogP contribution in [0, 0.1) is 0 Å². The van der Waals surface area contributed by atoms with Crippen LogP contribution in [-0.2, 0) is 21.2 Å². The molecule has 0 bridgehead atoms. The third-order valence-corrected chi connectivity index (χ3v) is 7.06. The number of carbonyl (C=O) groups is 1. The molecule has 0 spiro atoms. The number of nitrogens with one attached hydrogen (secondary N) is 2. The SMILES string of the molecule is COc1cc(NC(=O)[C@@H](Cc2ccccc2)NS(=O)(=O)c2ccc(Br)cc2)c(OC)cc1Cl. The van der Waals surface area contributed by atoms with Crippen LogP contribution >= 0.6 is 27.5 Å². The second-order valence-corrected chi connectivity index (χ2v) is 10.0. The average Bonchev–Trinajstić information content (AvgIpc) is 2.80. The van der Waals surface area contributed by atoms with Crippen molar-refractivity contribution in [3.8, 4) is 11.5 Å². The van der Waals surface area contributed by atoms with Gasteiger partial charge in [0.1, 0.15) is 17.5 Å². The highest BCUT2D eigenvalue weighted by molar-refractivity contribution is 9.10. The number of halogens is 2. The number of ether oxygens (including phenoxy) is 2. The van der Waals surface area contributed by atoms with Crippen LogP contribution in [0.25, 0.3) is 0 Å². The molecule has 0 saturated carbocycles. The Bertz CT molecular complexity index is 1220. The molecule has 0 aliphatic heterocycles. The number of benzene rings is 3. The van der Waals surface area contributed by atoms with Crippen molar-refractivity contribution in [2.75, 3.05) is 19.5 Å². The van der Waals surface area contributed by atoms with E-state index in [4.69, 9.17) is 21.1 Å². The molecule has 3 aromatic carbocycles. The van der Waals surface area contributed by atoms with Crippen molar-refractivity contribution in [2.24, 2.45) is 0 Å². The van der Waals surface area contributed by atoms with E-state index in [2.05, 4.69) is 26.0 Å². The summed E-state index contributed by atoms with van der Waals surface area (Å²) >= 11 is 9.43. The zero-order valence-electron chi connectivity index (χ0n) is 17.8. The van der Waals surface area contributed by atoms with E-state index in [9.17, 15) is 13.2 Å². The van der Waals surface area contributed by atoms with Crippen LogP contribution in [-0.4, -0.2) is 34.6 Å². The second kappa shape index (κ2) is 11.0. The lowest BCUT2D eigenvalue weighted by molar-refractivity contribution is -0.117. The molecule has 0 aliphatic carbocycles. The molecule has 3 rings (SSSR count). The molecule has 1 amide bonds. The number of hydrogen-bond donors (Lipinski definition) is 2. The van der Waals surface area contributed by atoms with Gasteiger partial charge in [-0.15, -0.1) is 0 Å². The van der Waals surface area contributed by atoms with Gasteiger partial charge in [-0.1, -0.05) is 57.9 Å². The van der Waals surface area contributed by atoms with Crippen molar-refractivity contribution in [1.29, 1.82) is 0 Å². The Labute approximate surface area is 206 Å². The lowest BCUT2D eigenvalue weighted by Crippen LogP contribution is -2.45. The molecular weight excluding hydrogens is 532 g/mol. The van der Waals surface area contributed by atoms with Crippen molar-refractivity contribution in [3.05, 3.63) is 81.8 Å². The lowest BCUT2D eigenvalue weighted by atomic mass is 10.1. The zero-order chi connectivity index (χ0) is 24.0. The highest BCUT2D eigenvalue weighted by Gasteiger charge is 2.27. The van der Waals surface area contributed by atoms with Crippen LogP contribution in [0.5, 0.6) is 11.5 Å². The number of methoxy groups -OCH3 is 2. The van der Waals surface area contributed by atoms with Crippen LogP contribution in [0.4, 0.5) is 5.69 Å². The normalized spacial score (nSPS) is 12.1. The first-order valence-corrected chi connectivity index (χ1v) is 12.4. The maximum absolute atomic E-state index is 13.3. The van der Waals surface area contributed by atoms with Gasteiger partial charge >= 0.3 is 0 Å². The Balaban J connectivity index is 1.92. The molecule has 0 fully saturated rings. The Morgan fingerprint density at radius 1 is 1.00 bits per heavy atom. The molecule has 0 aliphatic rings. The van der Waals surface area contributed by atoms with Crippen molar-refractivity contribution >= 4 is 49.1 Å². The summed E-state index contributed by atoms with van der Waals surface area (Å²) in [6, 6.07) is 17.2. The van der Waals surface area contributed by atoms with Gasteiger partial charge in [-0.3, -0.25) is 4.79 Å². The maximum Gasteiger partial charge on any atom is 0.243 e. The molecule has 0 unspecified atom stereocenters. The molecule has 1 atom stereocenters. The Morgan fingerprint density at radius 2 is 1.64 bits per heavy atom. The minimum atomic E-state index is -3.98. The summed E-state index contributed by atoms with van der Waals surface area (Å²) in [5.74, 6) is 0.0772. The van der Waals surface area contributed by atoms with E-state index in [1.165, 1.54) is 38.5 Å². The molecule has 2 N–H and O–H groups in total. The van der Waals surface area contributed by atoms with E-state index in [1.807, 2.05) is 30.3 Å². The number of hydrogen-bond acceptors (Lipinski definition) is 5. The molecule has 0 aromatic heterocycles. The second-order valence-electron chi connectivity index (χ2n) is 6.99. The van der Waals surface area contributed by atoms with E-state index in [0.29, 0.717) is 22.2 Å². The van der Waals surface area contributed by atoms with Crippen LogP contribution in [0.1, 0.15) is 5.56 Å². The fraction of sp³-hybridized carbons (Fsp3) is 0.174. The van der Waals surface area contributed by atoms with Crippen LogP contribution in [0.2, 0.25) is 5.02 Å². The summed E-state index contributed by atoms with van der Waals surface area (Å²) in [5, 5.41) is 3.04. The van der Waals surface area contributed by atoms with Gasteiger partial charge in [-0.25, -0.2) is 8.42 Å². The van der Waals surface area contributed by atoms with E-state index >= 15 is 0 Å². The monoisotopic (exact) mass is 552 g/mol. The number of amides is 1. The van der Waals surface area contributed by atoms with Gasteiger partial charge in [-0.2, -0.15) is 4.72 Å². The summed E-state index contributed by atoms with van der Waals surface area (Å²) < 4.78 is 39.8. The topological polar surface area (TPSA) is 93.7 Å². The lowest BCUT2D eigenvalue weighted by Gasteiger charge is -2.20. The fourth-order valence-electron chi connectivity index (χ4n) is 3.08. The maximum atomic E-state index is 13.3. The van der Waals surface area contributed by atoms with Crippen molar-refractivity contribution in [2.45, 2.75) is 17.4 Å². The average molecular weight is 554 g/mol. The number of sulfonamides is 1. The van der Waals surface area contributed by atoms with Gasteiger partial charge in [0.25, 0.3) is 0 Å². The van der Waals surface area contributed by atoms with Gasteiger partial charge < -0.3 is 14.8 Å². The molecular formula is C23H22BrClN2O5S. The molecule has 174 valence electrons.